The Bertz CT molecular complexity index is 157. The van der Waals surface area contributed by atoms with Crippen molar-refractivity contribution < 1.29 is 9.53 Å². The molecule has 0 spiro atoms. The van der Waals surface area contributed by atoms with Gasteiger partial charge in [-0.15, -0.1) is 0 Å². The fraction of sp³-hybridized carbons (Fsp3) is 0.625. The molecule has 0 aliphatic carbocycles. The largest absolute Gasteiger partial charge is 0.461 e. The molecule has 12 heavy (non-hydrogen) atoms. The van der Waals surface area contributed by atoms with Crippen LogP contribution in [-0.2, 0) is 9.53 Å². The minimum atomic E-state index is -0.313. The number of hydrogen-bond acceptors (Lipinski definition) is 3. The summed E-state index contributed by atoms with van der Waals surface area (Å²) < 4.78 is 4.83. The lowest BCUT2D eigenvalue weighted by molar-refractivity contribution is -0.139. The van der Waals surface area contributed by atoms with Gasteiger partial charge in [0.2, 0.25) is 0 Å². The van der Waals surface area contributed by atoms with Gasteiger partial charge in [0, 0.05) is 12.1 Å². The molecular formula is C8H19NO2Si. The minimum Gasteiger partial charge on any atom is -0.461 e. The van der Waals surface area contributed by atoms with Gasteiger partial charge in [-0.25, -0.2) is 4.79 Å². The van der Waals surface area contributed by atoms with Crippen molar-refractivity contribution in [1.82, 2.24) is 4.90 Å². The molecule has 0 saturated heterocycles. The lowest BCUT2D eigenvalue weighted by Gasteiger charge is -2.09. The van der Waals surface area contributed by atoms with Crippen LogP contribution in [0.3, 0.4) is 0 Å². The third-order valence-electron chi connectivity index (χ3n) is 1.12. The monoisotopic (exact) mass is 189 g/mol. The molecule has 0 N–H and O–H groups in total. The molecule has 3 nitrogen and oxygen atoms in total. The quantitative estimate of drug-likeness (QED) is 0.330. The molecule has 0 heterocycles. The molecular weight excluding hydrogens is 170 g/mol. The van der Waals surface area contributed by atoms with Crippen molar-refractivity contribution in [3.8, 4) is 0 Å². The Hall–Kier alpha value is -0.613. The van der Waals surface area contributed by atoms with Crippen LogP contribution in [-0.4, -0.2) is 49.1 Å². The smallest absolute Gasteiger partial charge is 0.333 e. The van der Waals surface area contributed by atoms with Gasteiger partial charge < -0.3 is 9.64 Å². The van der Waals surface area contributed by atoms with E-state index in [2.05, 4.69) is 6.58 Å². The second-order valence-corrected chi connectivity index (χ2v) is 2.72. The van der Waals surface area contributed by atoms with Gasteiger partial charge in [-0.3, -0.25) is 0 Å². The summed E-state index contributed by atoms with van der Waals surface area (Å²) in [6.45, 7) is 6.28. The third-order valence-corrected chi connectivity index (χ3v) is 1.12. The molecule has 0 aliphatic heterocycles. The van der Waals surface area contributed by atoms with Gasteiger partial charge in [-0.1, -0.05) is 6.58 Å². The summed E-state index contributed by atoms with van der Waals surface area (Å²) in [5, 5.41) is 0. The van der Waals surface area contributed by atoms with Gasteiger partial charge in [0.1, 0.15) is 6.61 Å². The van der Waals surface area contributed by atoms with Crippen LogP contribution in [0.15, 0.2) is 12.2 Å². The summed E-state index contributed by atoms with van der Waals surface area (Å²) >= 11 is 0. The summed E-state index contributed by atoms with van der Waals surface area (Å²) in [6.07, 6.45) is 0. The molecule has 0 aromatic rings. The van der Waals surface area contributed by atoms with Gasteiger partial charge in [-0.2, -0.15) is 0 Å². The molecule has 0 aromatic carbocycles. The highest BCUT2D eigenvalue weighted by atomic mass is 28.1. The standard InChI is InChI=1S/C8H15NO2.H4Si/c1-7(2)8(10)11-6-5-9(3)4;/h1,5-6H2,2-4H3;1H4. The first-order valence-electron chi connectivity index (χ1n) is 3.51. The van der Waals surface area contributed by atoms with E-state index in [-0.39, 0.29) is 16.9 Å². The summed E-state index contributed by atoms with van der Waals surface area (Å²) in [5.74, 6) is -0.313. The first-order chi connectivity index (χ1) is 5.04. The zero-order valence-electron chi connectivity index (χ0n) is 7.39. The number of likely N-dealkylation sites (N-methyl/N-ethyl adjacent to an activating group) is 1. The molecule has 0 fully saturated rings. The molecule has 0 bridgehead atoms. The van der Waals surface area contributed by atoms with Gasteiger partial charge in [0.15, 0.2) is 0 Å². The number of ether oxygens (including phenoxy) is 1. The van der Waals surface area contributed by atoms with Crippen molar-refractivity contribution in [1.29, 1.82) is 0 Å². The Labute approximate surface area is 78.4 Å². The first-order valence-corrected chi connectivity index (χ1v) is 3.51. The highest BCUT2D eigenvalue weighted by molar-refractivity contribution is 5.86. The number of carbonyl (C=O) groups excluding carboxylic acids is 1. The van der Waals surface area contributed by atoms with Crippen LogP contribution in [0.1, 0.15) is 6.92 Å². The Morgan fingerprint density at radius 3 is 2.33 bits per heavy atom. The number of nitrogens with zero attached hydrogens (tertiary/aromatic N) is 1. The molecule has 0 unspecified atom stereocenters. The predicted molar refractivity (Wildman–Crippen MR) is 55.7 cm³/mol. The molecule has 0 rings (SSSR count). The van der Waals surface area contributed by atoms with Crippen molar-refractivity contribution >= 4 is 16.9 Å². The molecule has 0 amide bonds. The van der Waals surface area contributed by atoms with Crippen molar-refractivity contribution in [2.75, 3.05) is 27.2 Å². The van der Waals surface area contributed by atoms with E-state index in [4.69, 9.17) is 4.74 Å². The van der Waals surface area contributed by atoms with E-state index in [1.807, 2.05) is 19.0 Å². The van der Waals surface area contributed by atoms with Crippen molar-refractivity contribution in [3.63, 3.8) is 0 Å². The predicted octanol–water partition coefficient (Wildman–Crippen LogP) is -0.784. The number of esters is 1. The van der Waals surface area contributed by atoms with Crippen LogP contribution in [0.2, 0.25) is 0 Å². The molecule has 0 atom stereocenters. The SMILES string of the molecule is C=C(C)C(=O)OCCN(C)C.[SiH4]. The van der Waals surface area contributed by atoms with E-state index in [0.717, 1.165) is 6.54 Å². The second-order valence-electron chi connectivity index (χ2n) is 2.72. The highest BCUT2D eigenvalue weighted by Crippen LogP contribution is 1.91. The van der Waals surface area contributed by atoms with Crippen molar-refractivity contribution in [3.05, 3.63) is 12.2 Å². The summed E-state index contributed by atoms with van der Waals surface area (Å²) in [7, 11) is 3.85. The molecule has 72 valence electrons. The number of hydrogen-bond donors (Lipinski definition) is 0. The van der Waals surface area contributed by atoms with Crippen LogP contribution in [0, 0.1) is 0 Å². The van der Waals surface area contributed by atoms with E-state index in [1.165, 1.54) is 0 Å². The maximum atomic E-state index is 10.8. The van der Waals surface area contributed by atoms with Gasteiger partial charge in [0.25, 0.3) is 0 Å². The molecule has 0 radical (unpaired) electrons. The van der Waals surface area contributed by atoms with Crippen LogP contribution in [0.4, 0.5) is 0 Å². The zero-order chi connectivity index (χ0) is 8.85. The van der Waals surface area contributed by atoms with Gasteiger partial charge >= 0.3 is 5.97 Å². The average molecular weight is 189 g/mol. The highest BCUT2D eigenvalue weighted by Gasteiger charge is 2.01. The zero-order valence-corrected chi connectivity index (χ0v) is 7.39. The minimum absolute atomic E-state index is 0. The third kappa shape index (κ3) is 7.49. The Morgan fingerprint density at radius 1 is 1.50 bits per heavy atom. The molecule has 0 aromatic heterocycles. The van der Waals surface area contributed by atoms with E-state index in [0.29, 0.717) is 12.2 Å². The second kappa shape index (κ2) is 7.06. The normalized spacial score (nSPS) is 9.00. The molecule has 0 saturated carbocycles. The van der Waals surface area contributed by atoms with Crippen LogP contribution in [0.25, 0.3) is 0 Å². The maximum Gasteiger partial charge on any atom is 0.333 e. The lowest BCUT2D eigenvalue weighted by Crippen LogP contribution is -2.20. The van der Waals surface area contributed by atoms with Crippen LogP contribution in [0.5, 0.6) is 0 Å². The van der Waals surface area contributed by atoms with Gasteiger partial charge in [0.05, 0.1) is 0 Å². The maximum absolute atomic E-state index is 10.8. The first kappa shape index (κ1) is 13.9. The lowest BCUT2D eigenvalue weighted by atomic mass is 10.4. The average Bonchev–Trinajstić information content (AvgIpc) is 1.86. The van der Waals surface area contributed by atoms with Crippen LogP contribution < -0.4 is 0 Å². The molecule has 0 aliphatic rings. The van der Waals surface area contributed by atoms with E-state index < -0.39 is 0 Å². The Balaban J connectivity index is 0. The molecule has 4 heteroatoms. The summed E-state index contributed by atoms with van der Waals surface area (Å²) in [4.78, 5) is 12.7. The van der Waals surface area contributed by atoms with E-state index in [1.54, 1.807) is 6.92 Å². The Morgan fingerprint density at radius 2 is 2.00 bits per heavy atom. The summed E-state index contributed by atoms with van der Waals surface area (Å²) in [5.41, 5.74) is 0.448. The number of rotatable bonds is 4. The van der Waals surface area contributed by atoms with E-state index in [9.17, 15) is 4.79 Å². The van der Waals surface area contributed by atoms with Gasteiger partial charge in [-0.05, 0) is 32.0 Å². The number of carbonyl (C=O) groups is 1. The Kier molecular flexibility index (Phi) is 8.20. The van der Waals surface area contributed by atoms with Crippen molar-refractivity contribution in [2.24, 2.45) is 0 Å². The van der Waals surface area contributed by atoms with E-state index >= 15 is 0 Å². The van der Waals surface area contributed by atoms with Crippen molar-refractivity contribution in [2.45, 2.75) is 6.92 Å². The fourth-order valence-corrected chi connectivity index (χ4v) is 0.444. The van der Waals surface area contributed by atoms with Crippen LogP contribution >= 0.6 is 0 Å². The summed E-state index contributed by atoms with van der Waals surface area (Å²) in [6, 6.07) is 0. The fourth-order valence-electron chi connectivity index (χ4n) is 0.444. The topological polar surface area (TPSA) is 29.5 Å².